The van der Waals surface area contributed by atoms with Crippen LogP contribution in [0, 0.1) is 5.41 Å². The second kappa shape index (κ2) is 11.6. The molecule has 4 nitrogen and oxygen atoms in total. The smallest absolute Gasteiger partial charge is 0.164 e. The molecule has 0 aliphatic heterocycles. The van der Waals surface area contributed by atoms with Gasteiger partial charge < -0.3 is 4.57 Å². The zero-order chi connectivity index (χ0) is 35.8. The van der Waals surface area contributed by atoms with Crippen molar-refractivity contribution in [2.75, 3.05) is 0 Å². The van der Waals surface area contributed by atoms with E-state index in [-0.39, 0.29) is 16.2 Å². The number of para-hydroxylation sites is 1. The highest BCUT2D eigenvalue weighted by atomic mass is 15.0. The Kier molecular flexibility index (Phi) is 7.14. The van der Waals surface area contributed by atoms with Crippen molar-refractivity contribution >= 4 is 21.8 Å². The minimum Gasteiger partial charge on any atom is -0.309 e. The third-order valence-electron chi connectivity index (χ3n) is 12.5. The van der Waals surface area contributed by atoms with Gasteiger partial charge in [0.25, 0.3) is 0 Å². The maximum Gasteiger partial charge on any atom is 0.164 e. The predicted octanol–water partition coefficient (Wildman–Crippen LogP) is 12.2. The molecule has 0 saturated heterocycles. The van der Waals surface area contributed by atoms with Crippen LogP contribution in [-0.2, 0) is 10.8 Å². The summed E-state index contributed by atoms with van der Waals surface area (Å²) < 4.78 is 2.45. The van der Waals surface area contributed by atoms with E-state index in [0.29, 0.717) is 17.5 Å². The van der Waals surface area contributed by atoms with Crippen molar-refractivity contribution in [1.82, 2.24) is 19.5 Å². The van der Waals surface area contributed by atoms with Crippen LogP contribution in [-0.4, -0.2) is 19.5 Å². The van der Waals surface area contributed by atoms with Crippen LogP contribution >= 0.6 is 0 Å². The van der Waals surface area contributed by atoms with E-state index in [1.165, 1.54) is 32.9 Å². The summed E-state index contributed by atoms with van der Waals surface area (Å²) in [6, 6.07) is 51.4. The Morgan fingerprint density at radius 1 is 0.423 bits per heavy atom. The second-order valence-corrected chi connectivity index (χ2v) is 15.8. The Balaban J connectivity index is 1.35. The van der Waals surface area contributed by atoms with Crippen LogP contribution in [0.3, 0.4) is 0 Å². The quantitative estimate of drug-likeness (QED) is 0.182. The molecule has 254 valence electrons. The lowest BCUT2D eigenvalue weighted by atomic mass is 9.59. The summed E-state index contributed by atoms with van der Waals surface area (Å²) in [5.74, 6) is 1.94. The molecule has 0 amide bonds. The molecule has 2 aromatic heterocycles. The van der Waals surface area contributed by atoms with Crippen LogP contribution in [0.25, 0.3) is 72.8 Å². The summed E-state index contributed by atoms with van der Waals surface area (Å²) in [6.07, 6.45) is 0. The van der Waals surface area contributed by atoms with Crippen molar-refractivity contribution in [1.29, 1.82) is 0 Å². The minimum atomic E-state index is -0.0517. The molecule has 0 fully saturated rings. The van der Waals surface area contributed by atoms with Gasteiger partial charge in [-0.25, -0.2) is 15.0 Å². The molecule has 4 heteroatoms. The number of aromatic nitrogens is 4. The molecule has 0 N–H and O–H groups in total. The first-order valence-corrected chi connectivity index (χ1v) is 18.2. The van der Waals surface area contributed by atoms with Gasteiger partial charge >= 0.3 is 0 Å². The summed E-state index contributed by atoms with van der Waals surface area (Å²) in [5, 5.41) is 2.63. The van der Waals surface area contributed by atoms with E-state index < -0.39 is 0 Å². The number of rotatable bonds is 5. The fourth-order valence-corrected chi connectivity index (χ4v) is 8.54. The molecule has 8 aromatic rings. The van der Waals surface area contributed by atoms with Gasteiger partial charge in [-0.05, 0) is 68.8 Å². The van der Waals surface area contributed by atoms with E-state index in [2.05, 4.69) is 155 Å². The average molecular weight is 675 g/mol. The van der Waals surface area contributed by atoms with Gasteiger partial charge in [0.1, 0.15) is 0 Å². The molecule has 2 heterocycles. The van der Waals surface area contributed by atoms with Crippen molar-refractivity contribution in [3.8, 4) is 51.0 Å². The van der Waals surface area contributed by atoms with E-state index in [9.17, 15) is 0 Å². The van der Waals surface area contributed by atoms with Gasteiger partial charge in [-0.15, -0.1) is 0 Å². The fourth-order valence-electron chi connectivity index (χ4n) is 8.54. The van der Waals surface area contributed by atoms with E-state index in [1.807, 2.05) is 36.4 Å². The highest BCUT2D eigenvalue weighted by Gasteiger charge is 2.57. The number of hydrogen-bond donors (Lipinski definition) is 0. The predicted molar refractivity (Wildman–Crippen MR) is 216 cm³/mol. The second-order valence-electron chi connectivity index (χ2n) is 15.8. The number of benzene rings is 6. The number of fused-ring (bicyclic) bond motifs is 5. The van der Waals surface area contributed by atoms with Gasteiger partial charge in [0.15, 0.2) is 17.5 Å². The zero-order valence-corrected chi connectivity index (χ0v) is 30.6. The molecule has 0 bridgehead atoms. The Morgan fingerprint density at radius 3 is 1.52 bits per heavy atom. The molecule has 0 radical (unpaired) electrons. The van der Waals surface area contributed by atoms with Crippen molar-refractivity contribution in [3.05, 3.63) is 157 Å². The van der Waals surface area contributed by atoms with Gasteiger partial charge in [0.05, 0.1) is 11.0 Å². The molecule has 1 aliphatic rings. The first-order valence-electron chi connectivity index (χ1n) is 18.2. The summed E-state index contributed by atoms with van der Waals surface area (Å²) in [7, 11) is 0. The molecule has 1 aliphatic carbocycles. The molecular formula is C48H42N4. The Bertz CT molecular complexity index is 2570. The monoisotopic (exact) mass is 674 g/mol. The third kappa shape index (κ3) is 4.70. The molecule has 6 aromatic carbocycles. The maximum absolute atomic E-state index is 5.15. The van der Waals surface area contributed by atoms with Crippen LogP contribution < -0.4 is 0 Å². The molecule has 0 spiro atoms. The maximum atomic E-state index is 5.15. The van der Waals surface area contributed by atoms with Gasteiger partial charge in [-0.1, -0.05) is 157 Å². The lowest BCUT2D eigenvalue weighted by Gasteiger charge is -2.44. The van der Waals surface area contributed by atoms with E-state index in [1.54, 1.807) is 0 Å². The highest BCUT2D eigenvalue weighted by molar-refractivity contribution is 6.12. The number of hydrogen-bond acceptors (Lipinski definition) is 3. The van der Waals surface area contributed by atoms with Gasteiger partial charge in [-0.2, -0.15) is 0 Å². The lowest BCUT2D eigenvalue weighted by molar-refractivity contribution is 0.125. The molecule has 0 saturated carbocycles. The molecule has 9 rings (SSSR count). The Hall–Kier alpha value is -5.87. The summed E-state index contributed by atoms with van der Waals surface area (Å²) >= 11 is 0. The topological polar surface area (TPSA) is 43.6 Å². The first-order chi connectivity index (χ1) is 25.1. The van der Waals surface area contributed by atoms with Crippen LogP contribution in [0.4, 0.5) is 0 Å². The van der Waals surface area contributed by atoms with Crippen LogP contribution in [0.5, 0.6) is 0 Å². The highest BCUT2D eigenvalue weighted by Crippen LogP contribution is 2.63. The van der Waals surface area contributed by atoms with Crippen molar-refractivity contribution in [2.24, 2.45) is 5.41 Å². The molecular weight excluding hydrogens is 633 g/mol. The van der Waals surface area contributed by atoms with Gasteiger partial charge in [-0.3, -0.25) is 0 Å². The first kappa shape index (κ1) is 32.1. The Labute approximate surface area is 305 Å². The zero-order valence-electron chi connectivity index (χ0n) is 30.6. The SMILES string of the molecule is CC1(C)c2ccc3c(c2C(C)(C)C1(C)C)c1ccccc1n3-c1cc(-c2ccccc2)cc(-c2nc(-c3ccccc3)nc(-c3ccccc3)n2)c1. The summed E-state index contributed by atoms with van der Waals surface area (Å²) in [4.78, 5) is 15.3. The average Bonchev–Trinajstić information content (AvgIpc) is 3.57. The molecule has 0 atom stereocenters. The third-order valence-corrected chi connectivity index (χ3v) is 12.5. The van der Waals surface area contributed by atoms with Crippen molar-refractivity contribution in [2.45, 2.75) is 52.4 Å². The normalized spacial score (nSPS) is 15.6. The fraction of sp³-hybridized carbons (Fsp3) is 0.188. The van der Waals surface area contributed by atoms with Gasteiger partial charge in [0.2, 0.25) is 0 Å². The van der Waals surface area contributed by atoms with E-state index in [0.717, 1.165) is 33.5 Å². The van der Waals surface area contributed by atoms with Crippen LogP contribution in [0.2, 0.25) is 0 Å². The van der Waals surface area contributed by atoms with Crippen molar-refractivity contribution < 1.29 is 0 Å². The standard InChI is InChI=1S/C48H42N4/c1-46(2)38-26-27-40-41(42(38)47(3,4)48(46,5)6)37-24-16-17-25-39(37)52(40)36-29-34(31-18-10-7-11-19-31)28-35(30-36)45-50-43(32-20-12-8-13-21-32)49-44(51-45)33-22-14-9-15-23-33/h7-30H,1-6H3. The van der Waals surface area contributed by atoms with Crippen LogP contribution in [0.1, 0.15) is 52.7 Å². The molecule has 0 unspecified atom stereocenters. The summed E-state index contributed by atoms with van der Waals surface area (Å²) in [6.45, 7) is 14.6. The van der Waals surface area contributed by atoms with E-state index >= 15 is 0 Å². The number of nitrogens with zero attached hydrogens (tertiary/aromatic N) is 4. The van der Waals surface area contributed by atoms with Gasteiger partial charge in [0, 0.05) is 33.2 Å². The van der Waals surface area contributed by atoms with Crippen molar-refractivity contribution in [3.63, 3.8) is 0 Å². The molecule has 52 heavy (non-hydrogen) atoms. The summed E-state index contributed by atoms with van der Waals surface area (Å²) in [5.41, 5.74) is 11.5. The lowest BCUT2D eigenvalue weighted by Crippen LogP contribution is -2.42. The van der Waals surface area contributed by atoms with E-state index in [4.69, 9.17) is 15.0 Å². The largest absolute Gasteiger partial charge is 0.309 e. The minimum absolute atomic E-state index is 0.00915. The van der Waals surface area contributed by atoms with Crippen LogP contribution in [0.15, 0.2) is 146 Å². The Morgan fingerprint density at radius 2 is 0.923 bits per heavy atom.